The van der Waals surface area contributed by atoms with Gasteiger partial charge in [-0.15, -0.1) is 23.4 Å². The van der Waals surface area contributed by atoms with Crippen LogP contribution < -0.4 is 0 Å². The Morgan fingerprint density at radius 3 is 2.47 bits per heavy atom. The van der Waals surface area contributed by atoms with E-state index in [0.717, 1.165) is 30.8 Å². The third kappa shape index (κ3) is 5.37. The molecule has 0 unspecified atom stereocenters. The minimum Gasteiger partial charge on any atom is -0.298 e. The maximum Gasteiger partial charge on any atom is 0.0351 e. The van der Waals surface area contributed by atoms with Crippen molar-refractivity contribution in [1.82, 2.24) is 4.90 Å². The van der Waals surface area contributed by atoms with E-state index < -0.39 is 0 Å². The summed E-state index contributed by atoms with van der Waals surface area (Å²) in [5, 5.41) is 0. The first kappa shape index (κ1) is 15.2. The molecule has 0 heterocycles. The Morgan fingerprint density at radius 1 is 1.05 bits per heavy atom. The van der Waals surface area contributed by atoms with E-state index in [1.165, 1.54) is 37.0 Å². The average molecular weight is 298 g/mol. The molecule has 0 saturated heterocycles. The van der Waals surface area contributed by atoms with Gasteiger partial charge >= 0.3 is 0 Å². The Balaban J connectivity index is 1.76. The standard InChI is InChI=1S/C16H24ClNS/c17-11-12-18(15-7-3-1-4-8-15)13-14-19-16-9-5-2-6-10-16/h2,5-6,9-10,15H,1,3-4,7-8,11-14H2. The Hall–Kier alpha value is -0.180. The molecule has 0 radical (unpaired) electrons. The molecule has 19 heavy (non-hydrogen) atoms. The molecule has 3 heteroatoms. The van der Waals surface area contributed by atoms with Crippen LogP contribution in [0.25, 0.3) is 0 Å². The van der Waals surface area contributed by atoms with Gasteiger partial charge in [0.05, 0.1) is 0 Å². The third-order valence-corrected chi connectivity index (χ3v) is 5.01. The molecule has 106 valence electrons. The molecular weight excluding hydrogens is 274 g/mol. The van der Waals surface area contributed by atoms with Gasteiger partial charge in [-0.05, 0) is 25.0 Å². The smallest absolute Gasteiger partial charge is 0.0351 e. The van der Waals surface area contributed by atoms with Crippen LogP contribution in [0.5, 0.6) is 0 Å². The minimum absolute atomic E-state index is 0.756. The van der Waals surface area contributed by atoms with E-state index in [-0.39, 0.29) is 0 Å². The summed E-state index contributed by atoms with van der Waals surface area (Å²) in [6.07, 6.45) is 6.95. The lowest BCUT2D eigenvalue weighted by Gasteiger charge is -2.33. The maximum atomic E-state index is 5.96. The summed E-state index contributed by atoms with van der Waals surface area (Å²) in [7, 11) is 0. The summed E-state index contributed by atoms with van der Waals surface area (Å²) in [6.45, 7) is 2.21. The molecule has 0 aromatic heterocycles. The van der Waals surface area contributed by atoms with Crippen molar-refractivity contribution in [2.45, 2.75) is 43.0 Å². The number of nitrogens with zero attached hydrogens (tertiary/aromatic N) is 1. The molecule has 0 bridgehead atoms. The van der Waals surface area contributed by atoms with Crippen molar-refractivity contribution in [2.75, 3.05) is 24.7 Å². The Labute approximate surface area is 126 Å². The quantitative estimate of drug-likeness (QED) is 0.532. The van der Waals surface area contributed by atoms with E-state index in [2.05, 4.69) is 35.2 Å². The lowest BCUT2D eigenvalue weighted by molar-refractivity contribution is 0.174. The van der Waals surface area contributed by atoms with Gasteiger partial charge < -0.3 is 0 Å². The normalized spacial score (nSPS) is 16.9. The van der Waals surface area contributed by atoms with Crippen LogP contribution in [0.15, 0.2) is 35.2 Å². The molecule has 0 N–H and O–H groups in total. The lowest BCUT2D eigenvalue weighted by atomic mass is 9.94. The van der Waals surface area contributed by atoms with Crippen molar-refractivity contribution >= 4 is 23.4 Å². The lowest BCUT2D eigenvalue weighted by Crippen LogP contribution is -2.39. The number of alkyl halides is 1. The van der Waals surface area contributed by atoms with Crippen molar-refractivity contribution in [2.24, 2.45) is 0 Å². The van der Waals surface area contributed by atoms with E-state index in [1.807, 2.05) is 11.8 Å². The van der Waals surface area contributed by atoms with Crippen molar-refractivity contribution in [3.05, 3.63) is 30.3 Å². The maximum absolute atomic E-state index is 5.96. The Kier molecular flexibility index (Phi) is 7.11. The highest BCUT2D eigenvalue weighted by molar-refractivity contribution is 7.99. The first-order valence-electron chi connectivity index (χ1n) is 7.38. The number of rotatable bonds is 7. The monoisotopic (exact) mass is 297 g/mol. The summed E-state index contributed by atoms with van der Waals surface area (Å²) in [4.78, 5) is 3.99. The molecule has 1 aromatic rings. The predicted molar refractivity (Wildman–Crippen MR) is 86.3 cm³/mol. The van der Waals surface area contributed by atoms with Crippen molar-refractivity contribution in [3.63, 3.8) is 0 Å². The van der Waals surface area contributed by atoms with E-state index in [9.17, 15) is 0 Å². The van der Waals surface area contributed by atoms with Gasteiger partial charge in [0.25, 0.3) is 0 Å². The van der Waals surface area contributed by atoms with Crippen LogP contribution in [-0.2, 0) is 0 Å². The summed E-state index contributed by atoms with van der Waals surface area (Å²) >= 11 is 7.92. The fourth-order valence-corrected chi connectivity index (χ4v) is 3.96. The predicted octanol–water partition coefficient (Wildman–Crippen LogP) is 4.65. The van der Waals surface area contributed by atoms with Crippen LogP contribution in [0, 0.1) is 0 Å². The molecule has 1 saturated carbocycles. The molecule has 2 rings (SSSR count). The average Bonchev–Trinajstić information content (AvgIpc) is 2.48. The highest BCUT2D eigenvalue weighted by atomic mass is 35.5. The summed E-state index contributed by atoms with van der Waals surface area (Å²) in [6, 6.07) is 11.5. The molecule has 0 amide bonds. The zero-order chi connectivity index (χ0) is 13.3. The van der Waals surface area contributed by atoms with E-state index >= 15 is 0 Å². The van der Waals surface area contributed by atoms with Crippen LogP contribution in [0.4, 0.5) is 0 Å². The molecular formula is C16H24ClNS. The number of hydrogen-bond acceptors (Lipinski definition) is 2. The molecule has 0 atom stereocenters. The first-order valence-corrected chi connectivity index (χ1v) is 8.90. The SMILES string of the molecule is ClCCN(CCSc1ccccc1)C1CCCCC1. The highest BCUT2D eigenvalue weighted by Gasteiger charge is 2.20. The van der Waals surface area contributed by atoms with Crippen molar-refractivity contribution in [3.8, 4) is 0 Å². The third-order valence-electron chi connectivity index (χ3n) is 3.85. The molecule has 1 fully saturated rings. The molecule has 1 aliphatic carbocycles. The van der Waals surface area contributed by atoms with E-state index in [1.54, 1.807) is 0 Å². The second-order valence-corrected chi connectivity index (χ2v) is 6.72. The van der Waals surface area contributed by atoms with Gasteiger partial charge in [0, 0.05) is 35.7 Å². The molecule has 1 aromatic carbocycles. The fourth-order valence-electron chi connectivity index (χ4n) is 2.83. The molecule has 1 aliphatic rings. The largest absolute Gasteiger partial charge is 0.298 e. The van der Waals surface area contributed by atoms with Crippen LogP contribution >= 0.6 is 23.4 Å². The second-order valence-electron chi connectivity index (χ2n) is 5.18. The van der Waals surface area contributed by atoms with Crippen LogP contribution in [0.1, 0.15) is 32.1 Å². The van der Waals surface area contributed by atoms with Crippen LogP contribution in [0.3, 0.4) is 0 Å². The van der Waals surface area contributed by atoms with E-state index in [4.69, 9.17) is 11.6 Å². The van der Waals surface area contributed by atoms with Gasteiger partial charge in [-0.2, -0.15) is 0 Å². The number of thioether (sulfide) groups is 1. The van der Waals surface area contributed by atoms with Gasteiger partial charge in [0.2, 0.25) is 0 Å². The summed E-state index contributed by atoms with van der Waals surface area (Å²) < 4.78 is 0. The van der Waals surface area contributed by atoms with Crippen molar-refractivity contribution < 1.29 is 0 Å². The highest BCUT2D eigenvalue weighted by Crippen LogP contribution is 2.24. The second kappa shape index (κ2) is 8.89. The molecule has 0 aliphatic heterocycles. The van der Waals surface area contributed by atoms with Gasteiger partial charge in [-0.1, -0.05) is 37.5 Å². The van der Waals surface area contributed by atoms with Crippen LogP contribution in [0.2, 0.25) is 0 Å². The van der Waals surface area contributed by atoms with E-state index in [0.29, 0.717) is 0 Å². The number of hydrogen-bond donors (Lipinski definition) is 0. The fraction of sp³-hybridized carbons (Fsp3) is 0.625. The Morgan fingerprint density at radius 2 is 1.79 bits per heavy atom. The summed E-state index contributed by atoms with van der Waals surface area (Å²) in [5.41, 5.74) is 0. The zero-order valence-corrected chi connectivity index (χ0v) is 13.1. The number of halogens is 1. The summed E-state index contributed by atoms with van der Waals surface area (Å²) in [5.74, 6) is 1.92. The van der Waals surface area contributed by atoms with Gasteiger partial charge in [0.1, 0.15) is 0 Å². The molecule has 1 nitrogen and oxygen atoms in total. The minimum atomic E-state index is 0.756. The van der Waals surface area contributed by atoms with Gasteiger partial charge in [0.15, 0.2) is 0 Å². The molecule has 0 spiro atoms. The zero-order valence-electron chi connectivity index (χ0n) is 11.6. The first-order chi connectivity index (χ1) is 9.40. The topological polar surface area (TPSA) is 3.24 Å². The van der Waals surface area contributed by atoms with Gasteiger partial charge in [-0.3, -0.25) is 4.90 Å². The number of benzene rings is 1. The van der Waals surface area contributed by atoms with Crippen LogP contribution in [-0.4, -0.2) is 35.7 Å². The Bertz CT molecular complexity index is 338. The van der Waals surface area contributed by atoms with Gasteiger partial charge in [-0.25, -0.2) is 0 Å². The van der Waals surface area contributed by atoms with Crippen molar-refractivity contribution in [1.29, 1.82) is 0 Å².